The molecule has 29 heavy (non-hydrogen) atoms. The fraction of sp³-hybridized carbons (Fsp3) is 0.667. The molecule has 0 aliphatic rings. The monoisotopic (exact) mass is 480 g/mol. The zero-order chi connectivity index (χ0) is 20.5. The zero-order valence-corrected chi connectivity index (χ0v) is 17.8. The minimum atomic E-state index is -0.444. The summed E-state index contributed by atoms with van der Waals surface area (Å²) < 4.78 is 10.7. The molecule has 1 aromatic rings. The van der Waals surface area contributed by atoms with Gasteiger partial charge in [-0.2, -0.15) is 0 Å². The number of hydrogen-bond donors (Lipinski definition) is 0. The van der Waals surface area contributed by atoms with Crippen molar-refractivity contribution in [3.05, 3.63) is 35.4 Å². The van der Waals surface area contributed by atoms with Crippen LogP contribution in [-0.4, -0.2) is 70.6 Å². The number of rotatable bonds is 16. The molecule has 0 atom stereocenters. The van der Waals surface area contributed by atoms with Gasteiger partial charge in [-0.25, -0.2) is 9.59 Å². The van der Waals surface area contributed by atoms with Gasteiger partial charge in [0.25, 0.3) is 0 Å². The summed E-state index contributed by atoms with van der Waals surface area (Å²) in [5.41, 5.74) is 0.586. The van der Waals surface area contributed by atoms with Gasteiger partial charge < -0.3 is 9.47 Å². The fourth-order valence-corrected chi connectivity index (χ4v) is 3.09. The van der Waals surface area contributed by atoms with E-state index in [-0.39, 0.29) is 45.5 Å². The SMILES string of the molecule is CCCCCCCCOC(=O)c1ccccc1C(=O)OCCCCCCCC.[SrH2]. The molecule has 1 rings (SSSR count). The molecule has 0 saturated carbocycles. The second-order valence-electron chi connectivity index (χ2n) is 7.35. The van der Waals surface area contributed by atoms with E-state index in [0.29, 0.717) is 24.3 Å². The van der Waals surface area contributed by atoms with Gasteiger partial charge in [-0.1, -0.05) is 90.2 Å². The first-order chi connectivity index (χ1) is 13.7. The Morgan fingerprint density at radius 2 is 0.966 bits per heavy atom. The van der Waals surface area contributed by atoms with Crippen molar-refractivity contribution < 1.29 is 19.1 Å². The quantitative estimate of drug-likeness (QED) is 0.170. The second-order valence-corrected chi connectivity index (χ2v) is 7.35. The van der Waals surface area contributed by atoms with Crippen LogP contribution in [0.2, 0.25) is 0 Å². The number of benzene rings is 1. The molecule has 0 fully saturated rings. The first-order valence-electron chi connectivity index (χ1n) is 11.1. The molecule has 0 aliphatic carbocycles. The summed E-state index contributed by atoms with van der Waals surface area (Å²) in [5, 5.41) is 0. The third-order valence-electron chi connectivity index (χ3n) is 4.83. The van der Waals surface area contributed by atoms with Gasteiger partial charge in [0.1, 0.15) is 0 Å². The van der Waals surface area contributed by atoms with Gasteiger partial charge in [-0.05, 0) is 25.0 Å². The van der Waals surface area contributed by atoms with E-state index in [1.54, 1.807) is 24.3 Å². The van der Waals surface area contributed by atoms with Crippen molar-refractivity contribution in [2.75, 3.05) is 13.2 Å². The van der Waals surface area contributed by atoms with Crippen LogP contribution < -0.4 is 0 Å². The average Bonchev–Trinajstić information content (AvgIpc) is 2.72. The Morgan fingerprint density at radius 1 is 0.621 bits per heavy atom. The van der Waals surface area contributed by atoms with Crippen LogP contribution in [0.25, 0.3) is 0 Å². The molecule has 4 nitrogen and oxygen atoms in total. The van der Waals surface area contributed by atoms with Gasteiger partial charge in [-0.15, -0.1) is 0 Å². The Morgan fingerprint density at radius 3 is 1.34 bits per heavy atom. The number of unbranched alkanes of at least 4 members (excludes halogenated alkanes) is 10. The second kappa shape index (κ2) is 19.6. The van der Waals surface area contributed by atoms with Gasteiger partial charge in [0.15, 0.2) is 0 Å². The summed E-state index contributed by atoms with van der Waals surface area (Å²) >= 11 is 0. The molecule has 162 valence electrons. The molecule has 0 radical (unpaired) electrons. The third kappa shape index (κ3) is 13.5. The van der Waals surface area contributed by atoms with Crippen molar-refractivity contribution in [3.8, 4) is 0 Å². The Balaban J connectivity index is 0.00000784. The molecule has 1 aromatic carbocycles. The normalized spacial score (nSPS) is 10.3. The van der Waals surface area contributed by atoms with Crippen LogP contribution >= 0.6 is 0 Å². The van der Waals surface area contributed by atoms with Crippen LogP contribution in [0.4, 0.5) is 0 Å². The van der Waals surface area contributed by atoms with Crippen LogP contribution in [-0.2, 0) is 9.47 Å². The number of hydrogen-bond acceptors (Lipinski definition) is 4. The van der Waals surface area contributed by atoms with Gasteiger partial charge in [0, 0.05) is 0 Å². The zero-order valence-electron chi connectivity index (χ0n) is 17.8. The Kier molecular flexibility index (Phi) is 19.4. The van der Waals surface area contributed by atoms with Crippen LogP contribution in [0.3, 0.4) is 0 Å². The van der Waals surface area contributed by atoms with Crippen LogP contribution in [0.15, 0.2) is 24.3 Å². The van der Waals surface area contributed by atoms with E-state index in [0.717, 1.165) is 25.7 Å². The summed E-state index contributed by atoms with van der Waals surface area (Å²) in [7, 11) is 0. The van der Waals surface area contributed by atoms with E-state index in [1.807, 2.05) is 0 Å². The van der Waals surface area contributed by atoms with E-state index in [2.05, 4.69) is 13.8 Å². The standard InChI is InChI=1S/C24H38O4.Sr.2H/c1-3-5-7-9-11-15-19-27-23(25)21-17-13-14-18-22(21)24(26)28-20-16-12-10-8-6-4-2;;;/h13-14,17-18H,3-12,15-16,19-20H2,1-2H3;;;. The number of esters is 2. The fourth-order valence-electron chi connectivity index (χ4n) is 3.09. The van der Waals surface area contributed by atoms with E-state index in [1.165, 1.54) is 51.4 Å². The summed E-state index contributed by atoms with van der Waals surface area (Å²) in [6.07, 6.45) is 13.6. The summed E-state index contributed by atoms with van der Waals surface area (Å²) in [6, 6.07) is 6.74. The van der Waals surface area contributed by atoms with E-state index < -0.39 is 11.9 Å². The van der Waals surface area contributed by atoms with Gasteiger partial charge in [0.2, 0.25) is 0 Å². The number of carbonyl (C=O) groups excluding carboxylic acids is 2. The predicted molar refractivity (Wildman–Crippen MR) is 122 cm³/mol. The summed E-state index contributed by atoms with van der Waals surface area (Å²) in [4.78, 5) is 24.7. The Labute approximate surface area is 214 Å². The van der Waals surface area contributed by atoms with Crippen molar-refractivity contribution >= 4 is 57.4 Å². The average molecular weight is 480 g/mol. The topological polar surface area (TPSA) is 52.6 Å². The first kappa shape index (κ1) is 28.6. The number of ether oxygens (including phenoxy) is 2. The van der Waals surface area contributed by atoms with Gasteiger partial charge in [-0.3, -0.25) is 0 Å². The molecule has 0 aromatic heterocycles. The molecule has 0 aliphatic heterocycles. The van der Waals surface area contributed by atoms with Crippen molar-refractivity contribution in [3.63, 3.8) is 0 Å². The van der Waals surface area contributed by atoms with E-state index >= 15 is 0 Å². The molecular weight excluding hydrogens is 440 g/mol. The van der Waals surface area contributed by atoms with Crippen LogP contribution in [0, 0.1) is 0 Å². The first-order valence-corrected chi connectivity index (χ1v) is 11.1. The minimum absolute atomic E-state index is 0. The molecule has 0 N–H and O–H groups in total. The molecule has 5 heteroatoms. The van der Waals surface area contributed by atoms with Crippen LogP contribution in [0.5, 0.6) is 0 Å². The van der Waals surface area contributed by atoms with Gasteiger partial charge >= 0.3 is 57.4 Å². The Bertz CT molecular complexity index is 511. The van der Waals surface area contributed by atoms with E-state index in [4.69, 9.17) is 9.47 Å². The molecular formula is C24H40O4Sr. The maximum absolute atomic E-state index is 12.4. The molecule has 0 heterocycles. The molecule has 0 bridgehead atoms. The van der Waals surface area contributed by atoms with E-state index in [9.17, 15) is 9.59 Å². The number of carbonyl (C=O) groups is 2. The van der Waals surface area contributed by atoms with Crippen molar-refractivity contribution in [2.45, 2.75) is 90.9 Å². The molecule has 0 unspecified atom stereocenters. The van der Waals surface area contributed by atoms with Crippen LogP contribution in [0.1, 0.15) is 112 Å². The summed E-state index contributed by atoms with van der Waals surface area (Å²) in [5.74, 6) is -0.888. The van der Waals surface area contributed by atoms with Crippen molar-refractivity contribution in [2.24, 2.45) is 0 Å². The maximum atomic E-state index is 12.4. The van der Waals surface area contributed by atoms with Crippen molar-refractivity contribution in [1.82, 2.24) is 0 Å². The predicted octanol–water partition coefficient (Wildman–Crippen LogP) is 5.81. The third-order valence-corrected chi connectivity index (χ3v) is 4.83. The van der Waals surface area contributed by atoms with Crippen molar-refractivity contribution in [1.29, 1.82) is 0 Å². The molecule has 0 amide bonds. The molecule has 0 spiro atoms. The summed E-state index contributed by atoms with van der Waals surface area (Å²) in [6.45, 7) is 5.17. The van der Waals surface area contributed by atoms with Gasteiger partial charge in [0.05, 0.1) is 24.3 Å². The molecule has 0 saturated heterocycles. The Hall–Kier alpha value is -0.359.